The first kappa shape index (κ1) is 14.1. The Kier molecular flexibility index (Phi) is 3.94. The summed E-state index contributed by atoms with van der Waals surface area (Å²) in [5.41, 5.74) is 0.881. The third-order valence-corrected chi connectivity index (χ3v) is 3.54. The SMILES string of the molecule is CCSc1oc(-c2ccccc2C)cc1C(F)(F)F. The zero-order valence-corrected chi connectivity index (χ0v) is 11.4. The van der Waals surface area contributed by atoms with Crippen LogP contribution in [0.3, 0.4) is 0 Å². The summed E-state index contributed by atoms with van der Waals surface area (Å²) in [5.74, 6) is 0.797. The van der Waals surface area contributed by atoms with E-state index in [-0.39, 0.29) is 10.9 Å². The van der Waals surface area contributed by atoms with Crippen molar-refractivity contribution in [1.82, 2.24) is 0 Å². The summed E-state index contributed by atoms with van der Waals surface area (Å²) in [6, 6.07) is 8.31. The van der Waals surface area contributed by atoms with Crippen molar-refractivity contribution < 1.29 is 17.6 Å². The van der Waals surface area contributed by atoms with Crippen LogP contribution in [0.4, 0.5) is 13.2 Å². The van der Waals surface area contributed by atoms with E-state index in [1.165, 1.54) is 0 Å². The number of thioether (sulfide) groups is 1. The van der Waals surface area contributed by atoms with Crippen molar-refractivity contribution in [2.45, 2.75) is 25.1 Å². The molecule has 0 aliphatic rings. The van der Waals surface area contributed by atoms with Gasteiger partial charge in [0, 0.05) is 5.56 Å². The average Bonchev–Trinajstić information content (AvgIpc) is 2.74. The van der Waals surface area contributed by atoms with Crippen LogP contribution in [0.5, 0.6) is 0 Å². The molecule has 0 unspecified atom stereocenters. The molecular weight excluding hydrogens is 273 g/mol. The number of hydrogen-bond acceptors (Lipinski definition) is 2. The largest absolute Gasteiger partial charge is 0.449 e. The van der Waals surface area contributed by atoms with Gasteiger partial charge in [0.2, 0.25) is 0 Å². The molecule has 0 aliphatic heterocycles. The normalized spacial score (nSPS) is 11.8. The number of aryl methyl sites for hydroxylation is 1. The average molecular weight is 286 g/mol. The van der Waals surface area contributed by atoms with Gasteiger partial charge in [0.15, 0.2) is 5.09 Å². The summed E-state index contributed by atoms with van der Waals surface area (Å²) < 4.78 is 44.2. The molecule has 0 saturated heterocycles. The second-order valence-corrected chi connectivity index (χ2v) is 5.29. The van der Waals surface area contributed by atoms with Gasteiger partial charge in [-0.2, -0.15) is 13.2 Å². The third-order valence-electron chi connectivity index (χ3n) is 2.69. The lowest BCUT2D eigenvalue weighted by Gasteiger charge is -2.04. The van der Waals surface area contributed by atoms with Crippen LogP contribution in [0, 0.1) is 6.92 Å². The van der Waals surface area contributed by atoms with Gasteiger partial charge in [-0.1, -0.05) is 43.0 Å². The molecule has 0 spiro atoms. The molecule has 0 atom stereocenters. The topological polar surface area (TPSA) is 13.1 Å². The van der Waals surface area contributed by atoms with E-state index in [1.54, 1.807) is 19.1 Å². The minimum Gasteiger partial charge on any atom is -0.449 e. The first-order valence-electron chi connectivity index (χ1n) is 5.83. The minimum absolute atomic E-state index is 0.0618. The third kappa shape index (κ3) is 2.97. The van der Waals surface area contributed by atoms with Gasteiger partial charge in [0.05, 0.1) is 0 Å². The molecule has 0 radical (unpaired) electrons. The first-order valence-corrected chi connectivity index (χ1v) is 6.82. The fourth-order valence-corrected chi connectivity index (χ4v) is 2.53. The van der Waals surface area contributed by atoms with Crippen LogP contribution in [0.15, 0.2) is 39.8 Å². The Labute approximate surface area is 113 Å². The van der Waals surface area contributed by atoms with E-state index in [4.69, 9.17) is 4.42 Å². The van der Waals surface area contributed by atoms with E-state index in [9.17, 15) is 13.2 Å². The fraction of sp³-hybridized carbons (Fsp3) is 0.286. The number of alkyl halides is 3. The molecule has 0 bridgehead atoms. The molecule has 2 aromatic rings. The highest BCUT2D eigenvalue weighted by Gasteiger charge is 2.37. The molecule has 5 heteroatoms. The maximum absolute atomic E-state index is 12.9. The van der Waals surface area contributed by atoms with E-state index in [0.717, 1.165) is 23.4 Å². The lowest BCUT2D eigenvalue weighted by Crippen LogP contribution is -2.04. The number of hydrogen-bond donors (Lipinski definition) is 0. The summed E-state index contributed by atoms with van der Waals surface area (Å²) >= 11 is 1.06. The molecule has 1 aromatic carbocycles. The number of benzene rings is 1. The fourth-order valence-electron chi connectivity index (χ4n) is 1.79. The predicted octanol–water partition coefficient (Wildman–Crippen LogP) is 5.39. The van der Waals surface area contributed by atoms with Gasteiger partial charge in [-0.25, -0.2) is 0 Å². The molecule has 1 aromatic heterocycles. The number of furan rings is 1. The summed E-state index contributed by atoms with van der Waals surface area (Å²) in [6.45, 7) is 3.64. The molecule has 19 heavy (non-hydrogen) atoms. The zero-order valence-electron chi connectivity index (χ0n) is 10.5. The van der Waals surface area contributed by atoms with E-state index in [0.29, 0.717) is 11.3 Å². The summed E-state index contributed by atoms with van der Waals surface area (Å²) in [6.07, 6.45) is -4.39. The maximum atomic E-state index is 12.9. The molecular formula is C14H13F3OS. The quantitative estimate of drug-likeness (QED) is 0.702. The number of rotatable bonds is 3. The standard InChI is InChI=1S/C14H13F3OS/c1-3-19-13-11(14(15,16)17)8-12(18-13)10-7-5-4-6-9(10)2/h4-8H,3H2,1-2H3. The predicted molar refractivity (Wildman–Crippen MR) is 70.3 cm³/mol. The molecule has 102 valence electrons. The Hall–Kier alpha value is -1.36. The highest BCUT2D eigenvalue weighted by atomic mass is 32.2. The molecule has 0 N–H and O–H groups in total. The van der Waals surface area contributed by atoms with Crippen molar-refractivity contribution in [3.8, 4) is 11.3 Å². The molecule has 0 amide bonds. The maximum Gasteiger partial charge on any atom is 0.420 e. The van der Waals surface area contributed by atoms with Crippen molar-refractivity contribution in [3.05, 3.63) is 41.5 Å². The summed E-state index contributed by atoms with van der Waals surface area (Å²) in [4.78, 5) is 0. The van der Waals surface area contributed by atoms with E-state index >= 15 is 0 Å². The monoisotopic (exact) mass is 286 g/mol. The van der Waals surface area contributed by atoms with Gasteiger partial charge < -0.3 is 4.42 Å². The van der Waals surface area contributed by atoms with Crippen molar-refractivity contribution in [2.24, 2.45) is 0 Å². The van der Waals surface area contributed by atoms with Gasteiger partial charge in [0.1, 0.15) is 11.3 Å². The Morgan fingerprint density at radius 2 is 1.89 bits per heavy atom. The van der Waals surface area contributed by atoms with Gasteiger partial charge in [-0.15, -0.1) is 0 Å². The highest BCUT2D eigenvalue weighted by Crippen LogP contribution is 2.41. The van der Waals surface area contributed by atoms with E-state index in [2.05, 4.69) is 0 Å². The second-order valence-electron chi connectivity index (χ2n) is 4.06. The van der Waals surface area contributed by atoms with Crippen LogP contribution in [0.25, 0.3) is 11.3 Å². The van der Waals surface area contributed by atoms with Crippen LogP contribution in [0.1, 0.15) is 18.1 Å². The summed E-state index contributed by atoms with van der Waals surface area (Å²) in [7, 11) is 0. The van der Waals surface area contributed by atoms with Crippen molar-refractivity contribution in [1.29, 1.82) is 0 Å². The number of halogens is 3. The highest BCUT2D eigenvalue weighted by molar-refractivity contribution is 7.99. The van der Waals surface area contributed by atoms with Crippen molar-refractivity contribution in [2.75, 3.05) is 5.75 Å². The van der Waals surface area contributed by atoms with Gasteiger partial charge in [0.25, 0.3) is 0 Å². The van der Waals surface area contributed by atoms with Crippen LogP contribution in [-0.2, 0) is 6.18 Å². The Balaban J connectivity index is 2.52. The molecule has 2 rings (SSSR count). The van der Waals surface area contributed by atoms with Crippen molar-refractivity contribution >= 4 is 11.8 Å². The smallest absolute Gasteiger partial charge is 0.420 e. The van der Waals surface area contributed by atoms with Crippen LogP contribution in [-0.4, -0.2) is 5.75 Å². The molecule has 1 nitrogen and oxygen atoms in total. The lowest BCUT2D eigenvalue weighted by atomic mass is 10.1. The Morgan fingerprint density at radius 1 is 1.21 bits per heavy atom. The van der Waals surface area contributed by atoms with Crippen LogP contribution in [0.2, 0.25) is 0 Å². The van der Waals surface area contributed by atoms with Crippen molar-refractivity contribution in [3.63, 3.8) is 0 Å². The van der Waals surface area contributed by atoms with Crippen LogP contribution < -0.4 is 0 Å². The van der Waals surface area contributed by atoms with Gasteiger partial charge in [-0.3, -0.25) is 0 Å². The Morgan fingerprint density at radius 3 is 2.47 bits per heavy atom. The Bertz CT molecular complexity index is 572. The minimum atomic E-state index is -4.39. The second kappa shape index (κ2) is 5.33. The molecule has 0 fully saturated rings. The first-order chi connectivity index (χ1) is 8.93. The lowest BCUT2D eigenvalue weighted by molar-refractivity contribution is -0.140. The molecule has 0 aliphatic carbocycles. The summed E-state index contributed by atoms with van der Waals surface area (Å²) in [5, 5.41) is -0.0618. The van der Waals surface area contributed by atoms with E-state index < -0.39 is 11.7 Å². The van der Waals surface area contributed by atoms with Gasteiger partial charge >= 0.3 is 6.18 Å². The van der Waals surface area contributed by atoms with E-state index in [1.807, 2.05) is 19.1 Å². The molecule has 1 heterocycles. The van der Waals surface area contributed by atoms with Gasteiger partial charge in [-0.05, 0) is 24.3 Å². The zero-order chi connectivity index (χ0) is 14.0. The molecule has 0 saturated carbocycles. The van der Waals surface area contributed by atoms with Crippen LogP contribution >= 0.6 is 11.8 Å².